The van der Waals surface area contributed by atoms with Crippen molar-refractivity contribution in [3.63, 3.8) is 0 Å². The third-order valence-electron chi connectivity index (χ3n) is 7.25. The molecule has 0 saturated heterocycles. The number of hydrogen-bond donors (Lipinski definition) is 0. The number of benzene rings is 5. The Hall–Kier alpha value is -5.01. The molecule has 7 rings (SSSR count). The average molecular weight is 580 g/mol. The zero-order chi connectivity index (χ0) is 27.2. The third kappa shape index (κ3) is 3.82. The summed E-state index contributed by atoms with van der Waals surface area (Å²) in [6.45, 7) is 7.29. The van der Waals surface area contributed by atoms with Gasteiger partial charge in [-0.2, -0.15) is 0 Å². The summed E-state index contributed by atoms with van der Waals surface area (Å²) in [6.07, 6.45) is 1.79. The number of carbonyl (C=O) groups is 2. The molecule has 0 amide bonds. The van der Waals surface area contributed by atoms with Crippen LogP contribution in [0.25, 0.3) is 32.5 Å². The molecular formula is C35H20N2O2Se. The van der Waals surface area contributed by atoms with E-state index < -0.39 is 0 Å². The molecular weight excluding hydrogens is 559 g/mol. The van der Waals surface area contributed by atoms with Crippen LogP contribution in [0.1, 0.15) is 25.2 Å². The van der Waals surface area contributed by atoms with Gasteiger partial charge in [-0.3, -0.25) is 0 Å². The number of rotatable bonds is 4. The van der Waals surface area contributed by atoms with Gasteiger partial charge in [-0.25, -0.2) is 0 Å². The van der Waals surface area contributed by atoms with Crippen molar-refractivity contribution in [1.29, 1.82) is 0 Å². The Kier molecular flexibility index (Phi) is 5.79. The van der Waals surface area contributed by atoms with Crippen LogP contribution in [-0.4, -0.2) is 26.1 Å². The van der Waals surface area contributed by atoms with Gasteiger partial charge < -0.3 is 0 Å². The number of ketones is 2. The Balaban J connectivity index is 1.33. The molecule has 0 fully saturated rings. The molecule has 5 heteroatoms. The summed E-state index contributed by atoms with van der Waals surface area (Å²) in [6, 6.07) is 37.3. The Labute approximate surface area is 237 Å². The van der Waals surface area contributed by atoms with E-state index in [2.05, 4.69) is 15.8 Å². The molecule has 4 nitrogen and oxygen atoms in total. The number of nitrogens with zero attached hydrogens (tertiary/aromatic N) is 2. The number of Topliss-reactive ketones (excluding diaryl/α,β-unsaturated/α-hetero) is 2. The van der Waals surface area contributed by atoms with Gasteiger partial charge in [-0.15, -0.1) is 0 Å². The first-order valence-electron chi connectivity index (χ1n) is 12.8. The number of anilines is 3. The van der Waals surface area contributed by atoms with Crippen LogP contribution in [0.4, 0.5) is 21.6 Å². The molecule has 0 unspecified atom stereocenters. The molecule has 1 aliphatic rings. The van der Waals surface area contributed by atoms with E-state index in [1.165, 1.54) is 0 Å². The van der Waals surface area contributed by atoms with E-state index >= 15 is 0 Å². The van der Waals surface area contributed by atoms with Crippen LogP contribution in [-0.2, 0) is 0 Å². The summed E-state index contributed by atoms with van der Waals surface area (Å²) in [4.78, 5) is 33.3. The van der Waals surface area contributed by atoms with Crippen molar-refractivity contribution in [1.82, 2.24) is 0 Å². The molecule has 0 atom stereocenters. The van der Waals surface area contributed by atoms with E-state index in [1.54, 1.807) is 6.08 Å². The predicted octanol–water partition coefficient (Wildman–Crippen LogP) is 8.53. The van der Waals surface area contributed by atoms with Gasteiger partial charge in [0, 0.05) is 0 Å². The van der Waals surface area contributed by atoms with E-state index in [1.807, 2.05) is 109 Å². The van der Waals surface area contributed by atoms with Gasteiger partial charge in [-0.1, -0.05) is 0 Å². The summed E-state index contributed by atoms with van der Waals surface area (Å²) < 4.78 is 2.03. The predicted molar refractivity (Wildman–Crippen MR) is 162 cm³/mol. The summed E-state index contributed by atoms with van der Waals surface area (Å²) in [7, 11) is 0. The molecule has 0 N–H and O–H groups in total. The summed E-state index contributed by atoms with van der Waals surface area (Å²) in [5, 5.41) is 3.60. The third-order valence-corrected chi connectivity index (χ3v) is 9.38. The second kappa shape index (κ2) is 9.63. The number of para-hydroxylation sites is 1. The Morgan fingerprint density at radius 1 is 0.600 bits per heavy atom. The van der Waals surface area contributed by atoms with Gasteiger partial charge in [0.05, 0.1) is 0 Å². The molecule has 6 aromatic rings. The molecule has 1 aliphatic carbocycles. The molecule has 5 aromatic carbocycles. The van der Waals surface area contributed by atoms with Crippen LogP contribution in [0.2, 0.25) is 0 Å². The van der Waals surface area contributed by atoms with Crippen molar-refractivity contribution in [2.24, 2.45) is 0 Å². The van der Waals surface area contributed by atoms with Gasteiger partial charge in [0.15, 0.2) is 0 Å². The van der Waals surface area contributed by atoms with Crippen LogP contribution in [0.15, 0.2) is 121 Å². The van der Waals surface area contributed by atoms with E-state index in [4.69, 9.17) is 6.57 Å². The first-order valence-corrected chi connectivity index (χ1v) is 14.5. The Morgan fingerprint density at radius 2 is 1.12 bits per heavy atom. The minimum atomic E-state index is -0.207. The SMILES string of the molecule is [C-]#[N+]c1ccc(N(c2ccccc2)c2ccc(C=C3C(=O)c4c(c5ccccc5c5ccccc45)C3=O)[se]2)cc1. The number of fused-ring (bicyclic) bond motifs is 6. The zero-order valence-corrected chi connectivity index (χ0v) is 22.9. The van der Waals surface area contributed by atoms with Crippen LogP contribution < -0.4 is 4.90 Å². The molecule has 40 heavy (non-hydrogen) atoms. The van der Waals surface area contributed by atoms with Crippen molar-refractivity contribution < 1.29 is 9.59 Å². The van der Waals surface area contributed by atoms with Gasteiger partial charge in [-0.05, 0) is 0 Å². The average Bonchev–Trinajstić information content (AvgIpc) is 3.57. The van der Waals surface area contributed by atoms with Crippen LogP contribution in [0.3, 0.4) is 0 Å². The number of hydrogen-bond acceptors (Lipinski definition) is 3. The fourth-order valence-corrected chi connectivity index (χ4v) is 7.54. The first-order chi connectivity index (χ1) is 19.6. The van der Waals surface area contributed by atoms with E-state index in [9.17, 15) is 9.59 Å². The number of carbonyl (C=O) groups excluding carboxylic acids is 2. The fourth-order valence-electron chi connectivity index (χ4n) is 5.46. The Morgan fingerprint density at radius 3 is 1.70 bits per heavy atom. The molecule has 0 saturated carbocycles. The molecule has 188 valence electrons. The molecule has 0 radical (unpaired) electrons. The van der Waals surface area contributed by atoms with E-state index in [-0.39, 0.29) is 31.6 Å². The maximum absolute atomic E-state index is 13.8. The van der Waals surface area contributed by atoms with E-state index in [0.29, 0.717) is 16.8 Å². The molecule has 0 aliphatic heterocycles. The standard InChI is InChI=1S/C35H20N2O2Se/c1-36-22-15-17-24(18-16-22)37(23-9-3-2-4-10-23)31-20-19-25(40-31)21-30-34(38)32-28-13-7-5-11-26(28)27-12-6-8-14-29(27)33(32)35(30)39/h2-21H. The minimum absolute atomic E-state index is 0.152. The fraction of sp³-hybridized carbons (Fsp3) is 0. The quantitative estimate of drug-likeness (QED) is 0.0691. The first kappa shape index (κ1) is 24.1. The maximum atomic E-state index is 13.8. The topological polar surface area (TPSA) is 41.7 Å². The number of allylic oxidation sites excluding steroid dienone is 1. The van der Waals surface area contributed by atoms with Gasteiger partial charge in [0.2, 0.25) is 0 Å². The van der Waals surface area contributed by atoms with Crippen LogP contribution in [0.5, 0.6) is 0 Å². The van der Waals surface area contributed by atoms with Crippen molar-refractivity contribution in [3.8, 4) is 0 Å². The van der Waals surface area contributed by atoms with Crippen LogP contribution in [0, 0.1) is 6.57 Å². The van der Waals surface area contributed by atoms with Gasteiger partial charge >= 0.3 is 238 Å². The van der Waals surface area contributed by atoms with Gasteiger partial charge in [0.25, 0.3) is 0 Å². The zero-order valence-electron chi connectivity index (χ0n) is 21.2. The summed E-state index contributed by atoms with van der Waals surface area (Å²) in [5.41, 5.74) is 3.79. The van der Waals surface area contributed by atoms with Crippen molar-refractivity contribution in [3.05, 3.63) is 148 Å². The second-order valence-electron chi connectivity index (χ2n) is 9.53. The second-order valence-corrected chi connectivity index (χ2v) is 11.8. The van der Waals surface area contributed by atoms with Crippen LogP contribution >= 0.6 is 0 Å². The van der Waals surface area contributed by atoms with Crippen molar-refractivity contribution in [2.75, 3.05) is 4.90 Å². The van der Waals surface area contributed by atoms with E-state index in [0.717, 1.165) is 41.9 Å². The molecule has 0 spiro atoms. The van der Waals surface area contributed by atoms with Crippen molar-refractivity contribution in [2.45, 2.75) is 0 Å². The van der Waals surface area contributed by atoms with Gasteiger partial charge in [0.1, 0.15) is 0 Å². The Bertz CT molecular complexity index is 1970. The summed E-state index contributed by atoms with van der Waals surface area (Å²) >= 11 is -0.152. The molecule has 0 bridgehead atoms. The molecule has 1 heterocycles. The van der Waals surface area contributed by atoms with Crippen molar-refractivity contribution >= 4 is 75.3 Å². The summed E-state index contributed by atoms with van der Waals surface area (Å²) in [5.74, 6) is -0.413. The normalized spacial score (nSPS) is 12.5. The monoisotopic (exact) mass is 580 g/mol. The molecule has 1 aromatic heterocycles.